The summed E-state index contributed by atoms with van der Waals surface area (Å²) in [5.74, 6) is 0. The molecule has 1 unspecified atom stereocenters. The topological polar surface area (TPSA) is 49.4 Å². The van der Waals surface area contributed by atoms with E-state index in [1.54, 1.807) is 35.6 Å². The first-order valence-corrected chi connectivity index (χ1v) is 8.92. The highest BCUT2D eigenvalue weighted by atomic mass is 32.2. The van der Waals surface area contributed by atoms with Crippen molar-refractivity contribution in [2.45, 2.75) is 24.8 Å². The van der Waals surface area contributed by atoms with Crippen LogP contribution in [0, 0.1) is 6.92 Å². The molecule has 4 nitrogen and oxygen atoms in total. The van der Waals surface area contributed by atoms with Gasteiger partial charge in [0.05, 0.1) is 10.9 Å². The highest BCUT2D eigenvalue weighted by molar-refractivity contribution is 7.89. The van der Waals surface area contributed by atoms with Crippen LogP contribution in [0.5, 0.6) is 0 Å². The summed E-state index contributed by atoms with van der Waals surface area (Å²) in [6, 6.07) is 11.3. The summed E-state index contributed by atoms with van der Waals surface area (Å²) in [5.41, 5.74) is 0.909. The molecule has 1 atom stereocenters. The van der Waals surface area contributed by atoms with Gasteiger partial charge in [-0.2, -0.15) is 0 Å². The molecule has 0 aliphatic heterocycles. The van der Waals surface area contributed by atoms with Crippen LogP contribution in [0.4, 0.5) is 5.69 Å². The van der Waals surface area contributed by atoms with E-state index >= 15 is 0 Å². The molecule has 1 aromatic heterocycles. The van der Waals surface area contributed by atoms with Crippen molar-refractivity contribution in [2.75, 3.05) is 19.4 Å². The maximum Gasteiger partial charge on any atom is 0.242 e. The van der Waals surface area contributed by atoms with E-state index in [2.05, 4.69) is 31.3 Å². The van der Waals surface area contributed by atoms with E-state index in [4.69, 9.17) is 0 Å². The maximum absolute atomic E-state index is 12.0. The first-order chi connectivity index (χ1) is 9.80. The van der Waals surface area contributed by atoms with Crippen LogP contribution >= 0.6 is 11.3 Å². The molecule has 1 N–H and O–H groups in total. The average molecular weight is 324 g/mol. The number of sulfonamides is 1. The van der Waals surface area contributed by atoms with Crippen molar-refractivity contribution in [2.24, 2.45) is 0 Å². The molecule has 0 saturated heterocycles. The highest BCUT2D eigenvalue weighted by Gasteiger charge is 2.16. The van der Waals surface area contributed by atoms with E-state index in [-0.39, 0.29) is 6.04 Å². The van der Waals surface area contributed by atoms with Gasteiger partial charge >= 0.3 is 0 Å². The van der Waals surface area contributed by atoms with Gasteiger partial charge in [0.1, 0.15) is 0 Å². The Balaban J connectivity index is 2.13. The van der Waals surface area contributed by atoms with E-state index in [0.717, 1.165) is 5.69 Å². The molecular formula is C15H20N2O2S2. The number of thiophene rings is 1. The molecule has 0 spiro atoms. The number of aryl methyl sites for hydroxylation is 1. The summed E-state index contributed by atoms with van der Waals surface area (Å²) >= 11 is 1.76. The van der Waals surface area contributed by atoms with Crippen LogP contribution < -0.4 is 5.32 Å². The molecule has 0 radical (unpaired) electrons. The second kappa shape index (κ2) is 6.17. The third-order valence-electron chi connectivity index (χ3n) is 3.20. The smallest absolute Gasteiger partial charge is 0.242 e. The van der Waals surface area contributed by atoms with Crippen molar-refractivity contribution in [3.63, 3.8) is 0 Å². The van der Waals surface area contributed by atoms with E-state index < -0.39 is 10.0 Å². The van der Waals surface area contributed by atoms with Crippen LogP contribution in [0.1, 0.15) is 22.7 Å². The Morgan fingerprint density at radius 3 is 2.19 bits per heavy atom. The van der Waals surface area contributed by atoms with Gasteiger partial charge in [-0.3, -0.25) is 0 Å². The molecule has 0 aliphatic carbocycles. The van der Waals surface area contributed by atoms with Gasteiger partial charge in [-0.25, -0.2) is 12.7 Å². The zero-order valence-electron chi connectivity index (χ0n) is 12.6. The lowest BCUT2D eigenvalue weighted by Crippen LogP contribution is -2.22. The van der Waals surface area contributed by atoms with Crippen molar-refractivity contribution in [3.8, 4) is 0 Å². The quantitative estimate of drug-likeness (QED) is 0.916. The number of hydrogen-bond acceptors (Lipinski definition) is 4. The summed E-state index contributed by atoms with van der Waals surface area (Å²) in [5, 5.41) is 3.38. The van der Waals surface area contributed by atoms with E-state index in [1.807, 2.05) is 0 Å². The molecular weight excluding hydrogens is 304 g/mol. The first kappa shape index (κ1) is 16.0. The molecule has 2 rings (SSSR count). The second-order valence-electron chi connectivity index (χ2n) is 5.13. The van der Waals surface area contributed by atoms with E-state index in [1.165, 1.54) is 28.2 Å². The van der Waals surface area contributed by atoms with Crippen LogP contribution in [0.2, 0.25) is 0 Å². The molecule has 21 heavy (non-hydrogen) atoms. The molecule has 2 aromatic rings. The Morgan fingerprint density at radius 2 is 1.71 bits per heavy atom. The monoisotopic (exact) mass is 324 g/mol. The predicted molar refractivity (Wildman–Crippen MR) is 88.4 cm³/mol. The third kappa shape index (κ3) is 3.64. The largest absolute Gasteiger partial charge is 0.378 e. The second-order valence-corrected chi connectivity index (χ2v) is 8.60. The third-order valence-corrected chi connectivity index (χ3v) is 6.22. The average Bonchev–Trinajstić information content (AvgIpc) is 2.86. The fourth-order valence-electron chi connectivity index (χ4n) is 1.94. The van der Waals surface area contributed by atoms with Crippen LogP contribution in [0.25, 0.3) is 0 Å². The lowest BCUT2D eigenvalue weighted by molar-refractivity contribution is 0.521. The van der Waals surface area contributed by atoms with Gasteiger partial charge in [0.15, 0.2) is 0 Å². The normalized spacial score (nSPS) is 13.4. The fourth-order valence-corrected chi connectivity index (χ4v) is 3.72. The van der Waals surface area contributed by atoms with Gasteiger partial charge < -0.3 is 5.32 Å². The first-order valence-electron chi connectivity index (χ1n) is 6.66. The molecule has 1 aromatic carbocycles. The van der Waals surface area contributed by atoms with Crippen LogP contribution in [0.3, 0.4) is 0 Å². The van der Waals surface area contributed by atoms with Crippen molar-refractivity contribution >= 4 is 27.0 Å². The zero-order chi connectivity index (χ0) is 15.6. The van der Waals surface area contributed by atoms with Gasteiger partial charge in [0.2, 0.25) is 10.0 Å². The lowest BCUT2D eigenvalue weighted by atomic mass is 10.2. The van der Waals surface area contributed by atoms with Gasteiger partial charge in [-0.1, -0.05) is 0 Å². The summed E-state index contributed by atoms with van der Waals surface area (Å²) in [6.45, 7) is 4.18. The van der Waals surface area contributed by atoms with Crippen molar-refractivity contribution in [3.05, 3.63) is 46.2 Å². The zero-order valence-corrected chi connectivity index (χ0v) is 14.3. The predicted octanol–water partition coefficient (Wildman–Crippen LogP) is 3.48. The Morgan fingerprint density at radius 1 is 1.10 bits per heavy atom. The molecule has 114 valence electrons. The van der Waals surface area contributed by atoms with Gasteiger partial charge in [0.25, 0.3) is 0 Å². The van der Waals surface area contributed by atoms with Crippen LogP contribution in [0.15, 0.2) is 41.3 Å². The van der Waals surface area contributed by atoms with E-state index in [9.17, 15) is 8.42 Å². The number of benzene rings is 1. The summed E-state index contributed by atoms with van der Waals surface area (Å²) < 4.78 is 25.2. The molecule has 0 bridgehead atoms. The number of rotatable bonds is 5. The molecule has 1 heterocycles. The Kier molecular flexibility index (Phi) is 4.70. The Bertz CT molecular complexity index is 704. The van der Waals surface area contributed by atoms with Crippen molar-refractivity contribution in [1.82, 2.24) is 4.31 Å². The minimum Gasteiger partial charge on any atom is -0.378 e. The Hall–Kier alpha value is -1.37. The Labute approximate surface area is 130 Å². The van der Waals surface area contributed by atoms with Gasteiger partial charge in [0, 0.05) is 29.5 Å². The maximum atomic E-state index is 12.0. The number of nitrogens with one attached hydrogen (secondary N) is 1. The SMILES string of the molecule is Cc1ccc(C(C)Nc2ccc(S(=O)(=O)N(C)C)cc2)s1. The standard InChI is InChI=1S/C15H20N2O2S2/c1-11-5-10-15(20-11)12(2)16-13-6-8-14(9-7-13)21(18,19)17(3)4/h5-10,12,16H,1-4H3. The fraction of sp³-hybridized carbons (Fsp3) is 0.333. The van der Waals surface area contributed by atoms with Gasteiger partial charge in [-0.05, 0) is 50.2 Å². The molecule has 6 heteroatoms. The summed E-state index contributed by atoms with van der Waals surface area (Å²) in [7, 11) is -0.302. The minimum atomic E-state index is -3.36. The number of hydrogen-bond donors (Lipinski definition) is 1. The minimum absolute atomic E-state index is 0.194. The summed E-state index contributed by atoms with van der Waals surface area (Å²) in [4.78, 5) is 2.85. The molecule has 0 saturated carbocycles. The van der Waals surface area contributed by atoms with Crippen molar-refractivity contribution in [1.29, 1.82) is 0 Å². The van der Waals surface area contributed by atoms with Crippen molar-refractivity contribution < 1.29 is 8.42 Å². The van der Waals surface area contributed by atoms with E-state index in [0.29, 0.717) is 4.90 Å². The highest BCUT2D eigenvalue weighted by Crippen LogP contribution is 2.26. The molecule has 0 amide bonds. The number of nitrogens with zero attached hydrogens (tertiary/aromatic N) is 1. The summed E-state index contributed by atoms with van der Waals surface area (Å²) in [6.07, 6.45) is 0. The molecule has 0 aliphatic rings. The number of anilines is 1. The van der Waals surface area contributed by atoms with Crippen LogP contribution in [-0.2, 0) is 10.0 Å². The van der Waals surface area contributed by atoms with Crippen LogP contribution in [-0.4, -0.2) is 26.8 Å². The van der Waals surface area contributed by atoms with Gasteiger partial charge in [-0.15, -0.1) is 11.3 Å². The lowest BCUT2D eigenvalue weighted by Gasteiger charge is -2.15. The molecule has 0 fully saturated rings.